The molecule has 0 aromatic carbocycles. The largest absolute Gasteiger partial charge is 0.334 e. The van der Waals surface area contributed by atoms with Crippen molar-refractivity contribution in [2.75, 3.05) is 6.54 Å². The molecule has 1 saturated carbocycles. The third-order valence-corrected chi connectivity index (χ3v) is 4.14. The van der Waals surface area contributed by atoms with Gasteiger partial charge >= 0.3 is 6.03 Å². The predicted molar refractivity (Wildman–Crippen MR) is 79.5 cm³/mol. The van der Waals surface area contributed by atoms with Gasteiger partial charge in [-0.25, -0.2) is 4.79 Å². The molecule has 0 aromatic heterocycles. The number of amides is 4. The van der Waals surface area contributed by atoms with E-state index >= 15 is 0 Å². The Morgan fingerprint density at radius 2 is 1.67 bits per heavy atom. The number of hydrogen-bond donors (Lipinski definition) is 0. The second-order valence-corrected chi connectivity index (χ2v) is 6.05. The third-order valence-electron chi connectivity index (χ3n) is 4.14. The molecule has 5 nitrogen and oxygen atoms in total. The van der Waals surface area contributed by atoms with Gasteiger partial charge in [0.05, 0.1) is 0 Å². The second-order valence-electron chi connectivity index (χ2n) is 6.05. The summed E-state index contributed by atoms with van der Waals surface area (Å²) in [5.74, 6) is -0.781. The summed E-state index contributed by atoms with van der Waals surface area (Å²) in [5, 5.41) is 0. The maximum atomic E-state index is 12.6. The normalized spacial score (nSPS) is 20.3. The van der Waals surface area contributed by atoms with E-state index < -0.39 is 11.9 Å². The van der Waals surface area contributed by atoms with Crippen molar-refractivity contribution in [2.45, 2.75) is 65.3 Å². The zero-order valence-corrected chi connectivity index (χ0v) is 13.1. The van der Waals surface area contributed by atoms with Crippen LogP contribution >= 0.6 is 0 Å². The van der Waals surface area contributed by atoms with Crippen molar-refractivity contribution >= 4 is 17.8 Å². The summed E-state index contributed by atoms with van der Waals surface area (Å²) in [7, 11) is 0. The van der Waals surface area contributed by atoms with Gasteiger partial charge in [-0.1, -0.05) is 18.9 Å². The first-order valence-corrected chi connectivity index (χ1v) is 7.90. The first-order chi connectivity index (χ1) is 9.99. The lowest BCUT2D eigenvalue weighted by molar-refractivity contribution is -0.137. The Bertz CT molecular complexity index is 486. The van der Waals surface area contributed by atoms with Crippen LogP contribution in [0.2, 0.25) is 0 Å². The van der Waals surface area contributed by atoms with Crippen molar-refractivity contribution in [3.63, 3.8) is 0 Å². The van der Waals surface area contributed by atoms with Crippen molar-refractivity contribution in [2.24, 2.45) is 0 Å². The fourth-order valence-corrected chi connectivity index (χ4v) is 2.97. The molecular formula is C16H24N2O3. The Kier molecular flexibility index (Phi) is 4.80. The van der Waals surface area contributed by atoms with E-state index in [9.17, 15) is 14.4 Å². The molecule has 4 amide bonds. The lowest BCUT2D eigenvalue weighted by Crippen LogP contribution is -2.58. The van der Waals surface area contributed by atoms with E-state index in [1.807, 2.05) is 6.92 Å². The number of carbonyl (C=O) groups is 3. The molecule has 116 valence electrons. The Hall–Kier alpha value is -1.65. The molecule has 1 aliphatic carbocycles. The van der Waals surface area contributed by atoms with Gasteiger partial charge in [0.1, 0.15) is 5.57 Å². The van der Waals surface area contributed by atoms with Gasteiger partial charge < -0.3 is 0 Å². The summed E-state index contributed by atoms with van der Waals surface area (Å²) in [6, 6.07) is -0.699. The van der Waals surface area contributed by atoms with E-state index in [0.29, 0.717) is 6.54 Å². The highest BCUT2D eigenvalue weighted by atomic mass is 16.2. The lowest BCUT2D eigenvalue weighted by atomic mass is 10.0. The molecule has 21 heavy (non-hydrogen) atoms. The molecule has 0 bridgehead atoms. The molecule has 0 aromatic rings. The Morgan fingerprint density at radius 1 is 1.05 bits per heavy atom. The summed E-state index contributed by atoms with van der Waals surface area (Å²) in [5.41, 5.74) is 1.20. The molecule has 2 rings (SSSR count). The van der Waals surface area contributed by atoms with Crippen LogP contribution < -0.4 is 0 Å². The van der Waals surface area contributed by atoms with Crippen LogP contribution in [0.3, 0.4) is 0 Å². The maximum Gasteiger partial charge on any atom is 0.334 e. The topological polar surface area (TPSA) is 57.7 Å². The van der Waals surface area contributed by atoms with Gasteiger partial charge in [-0.15, -0.1) is 0 Å². The molecule has 0 N–H and O–H groups in total. The average molecular weight is 292 g/mol. The van der Waals surface area contributed by atoms with E-state index in [4.69, 9.17) is 0 Å². The predicted octanol–water partition coefficient (Wildman–Crippen LogP) is 2.86. The molecule has 1 aliphatic heterocycles. The molecule has 1 saturated heterocycles. The zero-order chi connectivity index (χ0) is 15.6. The number of barbiturate groups is 1. The van der Waals surface area contributed by atoms with E-state index in [0.717, 1.165) is 44.1 Å². The van der Waals surface area contributed by atoms with Crippen LogP contribution in [0.1, 0.15) is 59.3 Å². The van der Waals surface area contributed by atoms with E-state index in [1.165, 1.54) is 9.80 Å². The molecule has 1 heterocycles. The molecule has 2 aliphatic rings. The number of allylic oxidation sites excluding steroid dienone is 1. The van der Waals surface area contributed by atoms with Crippen molar-refractivity contribution in [1.29, 1.82) is 0 Å². The molecule has 0 unspecified atom stereocenters. The second kappa shape index (κ2) is 6.41. The molecular weight excluding hydrogens is 268 g/mol. The first kappa shape index (κ1) is 15.7. The van der Waals surface area contributed by atoms with Gasteiger partial charge in [0.25, 0.3) is 11.8 Å². The highest BCUT2D eigenvalue weighted by molar-refractivity contribution is 6.29. The SMILES string of the molecule is CCCCN1C(=O)C(=C2CCCC2)C(=O)N(C(C)C)C1=O. The molecule has 5 heteroatoms. The maximum absolute atomic E-state index is 12.6. The zero-order valence-electron chi connectivity index (χ0n) is 13.1. The Morgan fingerprint density at radius 3 is 2.19 bits per heavy atom. The quantitative estimate of drug-likeness (QED) is 0.591. The summed E-state index contributed by atoms with van der Waals surface area (Å²) in [6.45, 7) is 6.02. The fraction of sp³-hybridized carbons (Fsp3) is 0.688. The summed E-state index contributed by atoms with van der Waals surface area (Å²) < 4.78 is 0. The minimum atomic E-state index is -0.462. The van der Waals surface area contributed by atoms with Crippen LogP contribution in [0.15, 0.2) is 11.1 Å². The van der Waals surface area contributed by atoms with Gasteiger partial charge in [-0.05, 0) is 46.0 Å². The number of urea groups is 1. The van der Waals surface area contributed by atoms with E-state index in [2.05, 4.69) is 0 Å². The van der Waals surface area contributed by atoms with Crippen LogP contribution in [-0.2, 0) is 9.59 Å². The van der Waals surface area contributed by atoms with Crippen molar-refractivity contribution in [1.82, 2.24) is 9.80 Å². The number of nitrogens with zero attached hydrogens (tertiary/aromatic N) is 2. The minimum absolute atomic E-state index is 0.237. The van der Waals surface area contributed by atoms with Crippen LogP contribution in [-0.4, -0.2) is 40.2 Å². The summed E-state index contributed by atoms with van der Waals surface area (Å²) in [6.07, 6.45) is 5.30. The van der Waals surface area contributed by atoms with Crippen LogP contribution in [0, 0.1) is 0 Å². The lowest BCUT2D eigenvalue weighted by Gasteiger charge is -2.36. The smallest absolute Gasteiger partial charge is 0.268 e. The van der Waals surface area contributed by atoms with Gasteiger partial charge in [0, 0.05) is 12.6 Å². The van der Waals surface area contributed by atoms with Crippen molar-refractivity contribution in [3.05, 3.63) is 11.1 Å². The van der Waals surface area contributed by atoms with Gasteiger partial charge in [-0.3, -0.25) is 19.4 Å². The number of unbranched alkanes of at least 4 members (excludes halogenated alkanes) is 1. The Balaban J connectivity index is 2.41. The minimum Gasteiger partial charge on any atom is -0.268 e. The molecule has 0 radical (unpaired) electrons. The van der Waals surface area contributed by atoms with E-state index in [-0.39, 0.29) is 17.5 Å². The summed E-state index contributed by atoms with van der Waals surface area (Å²) in [4.78, 5) is 40.1. The first-order valence-electron chi connectivity index (χ1n) is 7.90. The average Bonchev–Trinajstić information content (AvgIpc) is 2.92. The number of imide groups is 2. The molecule has 2 fully saturated rings. The third kappa shape index (κ3) is 2.87. The monoisotopic (exact) mass is 292 g/mol. The highest BCUT2D eigenvalue weighted by Gasteiger charge is 2.44. The number of carbonyl (C=O) groups excluding carboxylic acids is 3. The fourth-order valence-electron chi connectivity index (χ4n) is 2.97. The van der Waals surface area contributed by atoms with Gasteiger partial charge in [0.15, 0.2) is 0 Å². The van der Waals surface area contributed by atoms with Gasteiger partial charge in [0.2, 0.25) is 0 Å². The molecule has 0 spiro atoms. The highest BCUT2D eigenvalue weighted by Crippen LogP contribution is 2.31. The van der Waals surface area contributed by atoms with Crippen LogP contribution in [0.4, 0.5) is 4.79 Å². The summed E-state index contributed by atoms with van der Waals surface area (Å²) >= 11 is 0. The van der Waals surface area contributed by atoms with Crippen LogP contribution in [0.5, 0.6) is 0 Å². The van der Waals surface area contributed by atoms with E-state index in [1.54, 1.807) is 13.8 Å². The number of rotatable bonds is 4. The van der Waals surface area contributed by atoms with Crippen LogP contribution in [0.25, 0.3) is 0 Å². The number of hydrogen-bond acceptors (Lipinski definition) is 3. The van der Waals surface area contributed by atoms with Crippen molar-refractivity contribution in [3.8, 4) is 0 Å². The van der Waals surface area contributed by atoms with Crippen molar-refractivity contribution < 1.29 is 14.4 Å². The van der Waals surface area contributed by atoms with Gasteiger partial charge in [-0.2, -0.15) is 0 Å². The molecule has 0 atom stereocenters. The Labute approximate surface area is 126 Å². The standard InChI is InChI=1S/C16H24N2O3/c1-4-5-10-17-14(19)13(12-8-6-7-9-12)15(20)18(11(2)3)16(17)21/h11H,4-10H2,1-3H3.